The summed E-state index contributed by atoms with van der Waals surface area (Å²) in [7, 11) is 1.67. The predicted molar refractivity (Wildman–Crippen MR) is 114 cm³/mol. The lowest BCUT2D eigenvalue weighted by Crippen LogP contribution is -2.46. The van der Waals surface area contributed by atoms with E-state index in [1.165, 1.54) is 5.56 Å². The summed E-state index contributed by atoms with van der Waals surface area (Å²) >= 11 is 0. The van der Waals surface area contributed by atoms with E-state index in [0.29, 0.717) is 6.61 Å². The van der Waals surface area contributed by atoms with Gasteiger partial charge in [0, 0.05) is 51.0 Å². The Hall–Kier alpha value is -2.83. The monoisotopic (exact) mass is 392 g/mol. The van der Waals surface area contributed by atoms with Crippen LogP contribution >= 0.6 is 0 Å². The zero-order chi connectivity index (χ0) is 19.9. The van der Waals surface area contributed by atoms with Crippen LogP contribution in [0.3, 0.4) is 0 Å². The molecule has 0 amide bonds. The van der Waals surface area contributed by atoms with Gasteiger partial charge in [-0.25, -0.2) is 4.68 Å². The number of aromatic nitrogens is 2. The van der Waals surface area contributed by atoms with Gasteiger partial charge in [0.25, 0.3) is 0 Å². The number of hydrogen-bond donors (Lipinski definition) is 0. The Morgan fingerprint density at radius 2 is 1.55 bits per heavy atom. The third-order valence-electron chi connectivity index (χ3n) is 5.26. The number of hydrogen-bond acceptors (Lipinski definition) is 5. The standard InChI is InChI=1S/C23H28N4O2/c1-28-22-7-9-23(10-8-22)29-16-15-25-11-13-26(14-12-25)18-20-17-24-27(19-20)21-5-3-2-4-6-21/h2-10,17,19H,11-16,18H2,1H3. The topological polar surface area (TPSA) is 42.8 Å². The Morgan fingerprint density at radius 3 is 2.28 bits per heavy atom. The van der Waals surface area contributed by atoms with E-state index < -0.39 is 0 Å². The highest BCUT2D eigenvalue weighted by Crippen LogP contribution is 2.17. The van der Waals surface area contributed by atoms with E-state index in [1.54, 1.807) is 7.11 Å². The molecular formula is C23H28N4O2. The molecule has 1 aliphatic heterocycles. The summed E-state index contributed by atoms with van der Waals surface area (Å²) in [6.07, 6.45) is 4.10. The zero-order valence-corrected chi connectivity index (χ0v) is 16.9. The van der Waals surface area contributed by atoms with Gasteiger partial charge >= 0.3 is 0 Å². The van der Waals surface area contributed by atoms with E-state index in [-0.39, 0.29) is 0 Å². The molecule has 0 unspecified atom stereocenters. The van der Waals surface area contributed by atoms with E-state index in [4.69, 9.17) is 9.47 Å². The van der Waals surface area contributed by atoms with Crippen LogP contribution in [-0.2, 0) is 6.54 Å². The van der Waals surface area contributed by atoms with Gasteiger partial charge in [-0.15, -0.1) is 0 Å². The van der Waals surface area contributed by atoms with Crippen molar-refractivity contribution in [1.29, 1.82) is 0 Å². The van der Waals surface area contributed by atoms with Gasteiger partial charge in [0.2, 0.25) is 0 Å². The lowest BCUT2D eigenvalue weighted by atomic mass is 10.2. The smallest absolute Gasteiger partial charge is 0.119 e. The van der Waals surface area contributed by atoms with Crippen LogP contribution in [0.1, 0.15) is 5.56 Å². The highest BCUT2D eigenvalue weighted by Gasteiger charge is 2.17. The quantitative estimate of drug-likeness (QED) is 0.589. The molecule has 6 heteroatoms. The van der Waals surface area contributed by atoms with Crippen LogP contribution < -0.4 is 9.47 Å². The van der Waals surface area contributed by atoms with Crippen molar-refractivity contribution in [2.24, 2.45) is 0 Å². The normalized spacial score (nSPS) is 15.3. The SMILES string of the molecule is COc1ccc(OCCN2CCN(Cc3cnn(-c4ccccc4)c3)CC2)cc1. The van der Waals surface area contributed by atoms with Gasteiger partial charge in [0.15, 0.2) is 0 Å². The fourth-order valence-corrected chi connectivity index (χ4v) is 3.56. The Kier molecular flexibility index (Phi) is 6.44. The van der Waals surface area contributed by atoms with Crippen molar-refractivity contribution in [2.45, 2.75) is 6.54 Å². The largest absolute Gasteiger partial charge is 0.497 e. The molecule has 2 aromatic carbocycles. The van der Waals surface area contributed by atoms with Crippen molar-refractivity contribution < 1.29 is 9.47 Å². The highest BCUT2D eigenvalue weighted by molar-refractivity contribution is 5.31. The van der Waals surface area contributed by atoms with Crippen LogP contribution in [0.25, 0.3) is 5.69 Å². The van der Waals surface area contributed by atoms with Crippen LogP contribution in [-0.4, -0.2) is 66.0 Å². The molecule has 0 aliphatic carbocycles. The third-order valence-corrected chi connectivity index (χ3v) is 5.26. The number of methoxy groups -OCH3 is 1. The molecular weight excluding hydrogens is 364 g/mol. The Labute approximate surface area is 172 Å². The number of piperazine rings is 1. The molecule has 0 N–H and O–H groups in total. The summed E-state index contributed by atoms with van der Waals surface area (Å²) in [5.41, 5.74) is 2.35. The molecule has 1 aliphatic rings. The van der Waals surface area contributed by atoms with Crippen LogP contribution in [0.4, 0.5) is 0 Å². The first-order valence-electron chi connectivity index (χ1n) is 10.1. The maximum Gasteiger partial charge on any atom is 0.119 e. The van der Waals surface area contributed by atoms with Crippen LogP contribution in [0.2, 0.25) is 0 Å². The second-order valence-corrected chi connectivity index (χ2v) is 7.27. The first-order valence-corrected chi connectivity index (χ1v) is 10.1. The molecule has 3 aromatic rings. The lowest BCUT2D eigenvalue weighted by Gasteiger charge is -2.34. The number of nitrogens with zero attached hydrogens (tertiary/aromatic N) is 4. The summed E-state index contributed by atoms with van der Waals surface area (Å²) in [5, 5.41) is 4.50. The predicted octanol–water partition coefficient (Wildman–Crippen LogP) is 3.08. The second-order valence-electron chi connectivity index (χ2n) is 7.27. The first-order chi connectivity index (χ1) is 14.3. The number of benzene rings is 2. The summed E-state index contributed by atoms with van der Waals surface area (Å²) in [6, 6.07) is 18.0. The Balaban J connectivity index is 1.18. The van der Waals surface area contributed by atoms with Gasteiger partial charge in [-0.1, -0.05) is 18.2 Å². The van der Waals surface area contributed by atoms with E-state index >= 15 is 0 Å². The molecule has 0 saturated carbocycles. The molecule has 29 heavy (non-hydrogen) atoms. The molecule has 0 atom stereocenters. The van der Waals surface area contributed by atoms with Crippen molar-refractivity contribution in [3.05, 3.63) is 72.6 Å². The van der Waals surface area contributed by atoms with Crippen LogP contribution in [0.15, 0.2) is 67.0 Å². The molecule has 6 nitrogen and oxygen atoms in total. The molecule has 0 radical (unpaired) electrons. The second kappa shape index (κ2) is 9.58. The molecule has 1 saturated heterocycles. The zero-order valence-electron chi connectivity index (χ0n) is 16.9. The number of ether oxygens (including phenoxy) is 2. The van der Waals surface area contributed by atoms with Gasteiger partial charge in [-0.05, 0) is 36.4 Å². The summed E-state index contributed by atoms with van der Waals surface area (Å²) in [5.74, 6) is 1.74. The van der Waals surface area contributed by atoms with Crippen molar-refractivity contribution in [3.8, 4) is 17.2 Å². The summed E-state index contributed by atoms with van der Waals surface area (Å²) in [6.45, 7) is 6.88. The van der Waals surface area contributed by atoms with Crippen molar-refractivity contribution in [2.75, 3.05) is 46.4 Å². The van der Waals surface area contributed by atoms with E-state index in [2.05, 4.69) is 33.2 Å². The minimum atomic E-state index is 0.705. The van der Waals surface area contributed by atoms with Crippen molar-refractivity contribution in [3.63, 3.8) is 0 Å². The van der Waals surface area contributed by atoms with Crippen LogP contribution in [0.5, 0.6) is 11.5 Å². The average molecular weight is 393 g/mol. The molecule has 2 heterocycles. The molecule has 4 rings (SSSR count). The maximum atomic E-state index is 5.85. The van der Waals surface area contributed by atoms with E-state index in [9.17, 15) is 0 Å². The number of para-hydroxylation sites is 1. The minimum Gasteiger partial charge on any atom is -0.497 e. The van der Waals surface area contributed by atoms with E-state index in [1.807, 2.05) is 53.3 Å². The molecule has 152 valence electrons. The van der Waals surface area contributed by atoms with Gasteiger partial charge in [-0.2, -0.15) is 5.10 Å². The van der Waals surface area contributed by atoms with Gasteiger partial charge < -0.3 is 9.47 Å². The first kappa shape index (κ1) is 19.5. The lowest BCUT2D eigenvalue weighted by molar-refractivity contribution is 0.112. The molecule has 1 aromatic heterocycles. The molecule has 0 spiro atoms. The van der Waals surface area contributed by atoms with Gasteiger partial charge in [-0.3, -0.25) is 9.80 Å². The highest BCUT2D eigenvalue weighted by atomic mass is 16.5. The summed E-state index contributed by atoms with van der Waals surface area (Å²) < 4.78 is 13.0. The van der Waals surface area contributed by atoms with Gasteiger partial charge in [0.05, 0.1) is 19.0 Å². The van der Waals surface area contributed by atoms with Crippen molar-refractivity contribution in [1.82, 2.24) is 19.6 Å². The van der Waals surface area contributed by atoms with Crippen molar-refractivity contribution >= 4 is 0 Å². The van der Waals surface area contributed by atoms with Crippen LogP contribution in [0, 0.1) is 0 Å². The minimum absolute atomic E-state index is 0.705. The van der Waals surface area contributed by atoms with E-state index in [0.717, 1.165) is 56.5 Å². The summed E-state index contributed by atoms with van der Waals surface area (Å²) in [4.78, 5) is 4.96. The third kappa shape index (κ3) is 5.37. The molecule has 1 fully saturated rings. The van der Waals surface area contributed by atoms with Gasteiger partial charge in [0.1, 0.15) is 18.1 Å². The fourth-order valence-electron chi connectivity index (χ4n) is 3.56. The maximum absolute atomic E-state index is 5.85. The average Bonchev–Trinajstić information content (AvgIpc) is 3.25. The molecule has 0 bridgehead atoms. The number of rotatable bonds is 8. The Morgan fingerprint density at radius 1 is 0.862 bits per heavy atom. The fraction of sp³-hybridized carbons (Fsp3) is 0.348. The Bertz CT molecular complexity index is 871.